The van der Waals surface area contributed by atoms with E-state index in [9.17, 15) is 19.8 Å². The second-order valence-corrected chi connectivity index (χ2v) is 7.03. The average Bonchev–Trinajstić information content (AvgIpc) is 2.81. The lowest BCUT2D eigenvalue weighted by molar-refractivity contribution is 0.0375. The molecule has 0 saturated carbocycles. The van der Waals surface area contributed by atoms with Crippen molar-refractivity contribution < 1.29 is 24.5 Å². The van der Waals surface area contributed by atoms with Crippen molar-refractivity contribution in [3.05, 3.63) is 71.3 Å². The van der Waals surface area contributed by atoms with Gasteiger partial charge < -0.3 is 14.9 Å². The van der Waals surface area contributed by atoms with Crippen LogP contribution in [0.5, 0.6) is 5.75 Å². The molecule has 3 aromatic carbocycles. The summed E-state index contributed by atoms with van der Waals surface area (Å²) in [4.78, 5) is 26.8. The van der Waals surface area contributed by atoms with Crippen LogP contribution < -0.4 is 10.2 Å². The van der Waals surface area contributed by atoms with Crippen molar-refractivity contribution in [3.8, 4) is 5.75 Å². The van der Waals surface area contributed by atoms with Gasteiger partial charge in [-0.2, -0.15) is 5.10 Å². The van der Waals surface area contributed by atoms with E-state index >= 15 is 0 Å². The number of nitrogens with zero attached hydrogens (tertiary/aromatic N) is 2. The molecule has 0 unspecified atom stereocenters. The van der Waals surface area contributed by atoms with Gasteiger partial charge in [0.15, 0.2) is 0 Å². The van der Waals surface area contributed by atoms with E-state index in [4.69, 9.17) is 4.74 Å². The van der Waals surface area contributed by atoms with E-state index in [1.807, 2.05) is 24.3 Å². The zero-order chi connectivity index (χ0) is 22.0. The normalized spacial score (nSPS) is 13.5. The van der Waals surface area contributed by atoms with E-state index in [-0.39, 0.29) is 0 Å². The quantitative estimate of drug-likeness (QED) is 0.308. The number of amides is 2. The second kappa shape index (κ2) is 8.55. The number of carbonyl (C=O) groups excluding carboxylic acids is 2. The van der Waals surface area contributed by atoms with E-state index in [2.05, 4.69) is 10.5 Å². The third kappa shape index (κ3) is 3.63. The molecule has 0 spiro atoms. The Morgan fingerprint density at radius 3 is 2.32 bits per heavy atom. The maximum Gasteiger partial charge on any atom is 0.261 e. The summed E-state index contributed by atoms with van der Waals surface area (Å²) < 4.78 is 5.14. The number of methoxy groups -OCH3 is 1. The topological polar surface area (TPSA) is 111 Å². The summed E-state index contributed by atoms with van der Waals surface area (Å²) in [5.41, 5.74) is 5.16. The summed E-state index contributed by atoms with van der Waals surface area (Å²) in [7, 11) is 1.60. The number of carbonyl (C=O) groups is 2. The highest BCUT2D eigenvalue weighted by molar-refractivity contribution is 6.27. The van der Waals surface area contributed by atoms with E-state index in [1.165, 1.54) is 0 Å². The van der Waals surface area contributed by atoms with Crippen LogP contribution in [0.1, 0.15) is 26.3 Å². The summed E-state index contributed by atoms with van der Waals surface area (Å²) in [5.74, 6) is -0.341. The fraction of sp³-hybridized carbons (Fsp3) is 0.174. The first kappa shape index (κ1) is 20.5. The summed E-state index contributed by atoms with van der Waals surface area (Å²) in [6, 6.07) is 14.9. The molecule has 0 radical (unpaired) electrons. The predicted octanol–water partition coefficient (Wildman–Crippen LogP) is 2.24. The van der Waals surface area contributed by atoms with Gasteiger partial charge >= 0.3 is 0 Å². The first-order valence-corrected chi connectivity index (χ1v) is 9.67. The van der Waals surface area contributed by atoms with Gasteiger partial charge in [-0.25, -0.2) is 0 Å². The third-order valence-electron chi connectivity index (χ3n) is 5.24. The molecule has 31 heavy (non-hydrogen) atoms. The molecule has 0 bridgehead atoms. The van der Waals surface area contributed by atoms with Crippen molar-refractivity contribution in [1.82, 2.24) is 4.90 Å². The minimum atomic E-state index is -0.990. The second-order valence-electron chi connectivity index (χ2n) is 7.03. The molecule has 8 heteroatoms. The number of anilines is 1. The number of hydrazone groups is 1. The summed E-state index contributed by atoms with van der Waals surface area (Å²) in [5, 5.41) is 24.4. The Morgan fingerprint density at radius 1 is 1.00 bits per heavy atom. The number of imide groups is 1. The van der Waals surface area contributed by atoms with Gasteiger partial charge in [0.25, 0.3) is 11.8 Å². The van der Waals surface area contributed by atoms with Crippen LogP contribution in [0.2, 0.25) is 0 Å². The summed E-state index contributed by atoms with van der Waals surface area (Å²) in [6.45, 7) is -1.03. The number of aliphatic hydroxyl groups is 2. The van der Waals surface area contributed by atoms with E-state index < -0.39 is 31.1 Å². The Kier molecular flexibility index (Phi) is 5.66. The van der Waals surface area contributed by atoms with Gasteiger partial charge in [0.05, 0.1) is 38.3 Å². The van der Waals surface area contributed by atoms with Crippen molar-refractivity contribution in [1.29, 1.82) is 0 Å². The number of nitrogens with one attached hydrogen (secondary N) is 1. The van der Waals surface area contributed by atoms with Gasteiger partial charge in [-0.05, 0) is 48.0 Å². The maximum absolute atomic E-state index is 13.0. The third-order valence-corrected chi connectivity index (χ3v) is 5.24. The van der Waals surface area contributed by atoms with Gasteiger partial charge in [-0.3, -0.25) is 19.9 Å². The molecular weight excluding hydrogens is 398 g/mol. The summed E-state index contributed by atoms with van der Waals surface area (Å²) in [6.07, 6.45) is 1.65. The van der Waals surface area contributed by atoms with Crippen LogP contribution in [-0.4, -0.2) is 59.5 Å². The molecule has 0 saturated heterocycles. The number of aliphatic hydroxyl groups excluding tert-OH is 2. The lowest BCUT2D eigenvalue weighted by Gasteiger charge is -2.32. The zero-order valence-electron chi connectivity index (χ0n) is 16.8. The monoisotopic (exact) mass is 419 g/mol. The number of hydrogen-bond donors (Lipinski definition) is 3. The van der Waals surface area contributed by atoms with Gasteiger partial charge in [-0.1, -0.05) is 12.1 Å². The highest BCUT2D eigenvalue weighted by Gasteiger charge is 2.37. The Labute approximate surface area is 178 Å². The van der Waals surface area contributed by atoms with Crippen LogP contribution in [0, 0.1) is 0 Å². The van der Waals surface area contributed by atoms with Gasteiger partial charge in [0.1, 0.15) is 5.75 Å². The van der Waals surface area contributed by atoms with Crippen LogP contribution in [-0.2, 0) is 0 Å². The fourth-order valence-corrected chi connectivity index (χ4v) is 3.63. The van der Waals surface area contributed by atoms with Crippen LogP contribution in [0.15, 0.2) is 59.7 Å². The van der Waals surface area contributed by atoms with Gasteiger partial charge in [0.2, 0.25) is 0 Å². The molecule has 1 heterocycles. The smallest absolute Gasteiger partial charge is 0.261 e. The molecule has 4 rings (SSSR count). The molecule has 8 nitrogen and oxygen atoms in total. The molecule has 0 fully saturated rings. The first-order chi connectivity index (χ1) is 15.1. The highest BCUT2D eigenvalue weighted by atomic mass is 16.5. The van der Waals surface area contributed by atoms with E-state index in [1.54, 1.807) is 43.7 Å². The minimum Gasteiger partial charge on any atom is -0.497 e. The molecule has 0 aromatic heterocycles. The fourth-order valence-electron chi connectivity index (χ4n) is 3.63. The maximum atomic E-state index is 13.0. The molecular formula is C23H21N3O5. The molecule has 2 amide bonds. The van der Waals surface area contributed by atoms with Crippen LogP contribution in [0.25, 0.3) is 10.8 Å². The van der Waals surface area contributed by atoms with Crippen molar-refractivity contribution >= 4 is 34.5 Å². The SMILES string of the molecule is COc1ccc(/C=N/Nc2ccc3c4c(cccc24)C(=O)N(C(CO)CO)C3=O)cc1. The predicted molar refractivity (Wildman–Crippen MR) is 117 cm³/mol. The standard InChI is InChI=1S/C23H21N3O5/c1-31-16-7-5-14(6-8-16)11-24-25-20-10-9-19-21-17(20)3-2-4-18(21)22(29)26(23(19)30)15(12-27)13-28/h2-11,15,25,27-28H,12-13H2,1H3/b24-11+. The Balaban J connectivity index is 1.68. The van der Waals surface area contributed by atoms with Crippen molar-refractivity contribution in [2.75, 3.05) is 25.7 Å². The first-order valence-electron chi connectivity index (χ1n) is 9.67. The molecule has 1 aliphatic rings. The van der Waals surface area contributed by atoms with Crippen LogP contribution in [0.4, 0.5) is 5.69 Å². The highest BCUT2D eigenvalue weighted by Crippen LogP contribution is 2.35. The lowest BCUT2D eigenvalue weighted by Crippen LogP contribution is -2.50. The average molecular weight is 419 g/mol. The van der Waals surface area contributed by atoms with Crippen LogP contribution in [0.3, 0.4) is 0 Å². The lowest BCUT2D eigenvalue weighted by atomic mass is 9.92. The van der Waals surface area contributed by atoms with E-state index in [0.717, 1.165) is 16.2 Å². The van der Waals surface area contributed by atoms with Crippen molar-refractivity contribution in [2.24, 2.45) is 5.10 Å². The zero-order valence-corrected chi connectivity index (χ0v) is 16.8. The van der Waals surface area contributed by atoms with Gasteiger partial charge in [-0.15, -0.1) is 0 Å². The molecule has 0 atom stereocenters. The Hall–Kier alpha value is -3.75. The molecule has 1 aliphatic heterocycles. The number of benzene rings is 3. The van der Waals surface area contributed by atoms with Crippen molar-refractivity contribution in [3.63, 3.8) is 0 Å². The minimum absolute atomic E-state index is 0.335. The summed E-state index contributed by atoms with van der Waals surface area (Å²) >= 11 is 0. The van der Waals surface area contributed by atoms with Gasteiger partial charge in [0, 0.05) is 21.9 Å². The Bertz CT molecular complexity index is 1150. The van der Waals surface area contributed by atoms with E-state index in [0.29, 0.717) is 27.6 Å². The number of rotatable bonds is 7. The largest absolute Gasteiger partial charge is 0.497 e. The number of ether oxygens (including phenoxy) is 1. The molecule has 158 valence electrons. The molecule has 0 aliphatic carbocycles. The van der Waals surface area contributed by atoms with Crippen molar-refractivity contribution in [2.45, 2.75) is 6.04 Å². The molecule has 3 N–H and O–H groups in total. The Morgan fingerprint density at radius 2 is 1.68 bits per heavy atom. The number of hydrogen-bond acceptors (Lipinski definition) is 7. The molecule has 3 aromatic rings. The van der Waals surface area contributed by atoms with Crippen LogP contribution >= 0.6 is 0 Å².